The van der Waals surface area contributed by atoms with E-state index in [9.17, 15) is 4.79 Å². The largest absolute Gasteiger partial charge is 0.472 e. The van der Waals surface area contributed by atoms with Crippen molar-refractivity contribution in [1.29, 1.82) is 0 Å². The second-order valence-electron chi connectivity index (χ2n) is 6.70. The van der Waals surface area contributed by atoms with Crippen molar-refractivity contribution in [1.82, 2.24) is 14.9 Å². The van der Waals surface area contributed by atoms with Crippen LogP contribution in [0.2, 0.25) is 0 Å². The quantitative estimate of drug-likeness (QED) is 0.850. The van der Waals surface area contributed by atoms with Gasteiger partial charge in [0.15, 0.2) is 6.39 Å². The van der Waals surface area contributed by atoms with E-state index in [-0.39, 0.29) is 17.6 Å². The van der Waals surface area contributed by atoms with E-state index in [2.05, 4.69) is 9.97 Å². The van der Waals surface area contributed by atoms with Gasteiger partial charge in [-0.3, -0.25) is 4.79 Å². The summed E-state index contributed by atoms with van der Waals surface area (Å²) in [6.07, 6.45) is 5.55. The Balaban J connectivity index is 1.42. The van der Waals surface area contributed by atoms with E-state index >= 15 is 0 Å². The molecule has 2 aliphatic rings. The average Bonchev–Trinajstić information content (AvgIpc) is 3.22. The van der Waals surface area contributed by atoms with Crippen LogP contribution in [0.15, 0.2) is 35.2 Å². The van der Waals surface area contributed by atoms with Gasteiger partial charge in [-0.25, -0.2) is 9.97 Å². The molecular weight excluding hydrogens is 322 g/mol. The number of nitrogens with zero attached hydrogens (tertiary/aromatic N) is 3. The number of pyridine rings is 1. The van der Waals surface area contributed by atoms with E-state index in [0.29, 0.717) is 37.0 Å². The summed E-state index contributed by atoms with van der Waals surface area (Å²) in [6, 6.07) is 5.60. The van der Waals surface area contributed by atoms with Crippen molar-refractivity contribution in [2.24, 2.45) is 0 Å². The van der Waals surface area contributed by atoms with Gasteiger partial charge in [-0.05, 0) is 25.8 Å². The molecule has 2 aromatic heterocycles. The number of piperidine rings is 1. The van der Waals surface area contributed by atoms with Crippen LogP contribution < -0.4 is 4.74 Å². The Bertz CT molecular complexity index is 748. The SMILES string of the molecule is Cc1ncoc1C(=O)N1CCC[C@]2(C[C@@H](Oc3ccccn3)CO2)C1. The van der Waals surface area contributed by atoms with Crippen molar-refractivity contribution >= 4 is 5.91 Å². The molecule has 132 valence electrons. The molecule has 0 aromatic carbocycles. The molecule has 4 rings (SSSR count). The lowest BCUT2D eigenvalue weighted by Gasteiger charge is -2.39. The summed E-state index contributed by atoms with van der Waals surface area (Å²) >= 11 is 0. The molecule has 2 aliphatic heterocycles. The van der Waals surface area contributed by atoms with Crippen LogP contribution in [0.4, 0.5) is 0 Å². The van der Waals surface area contributed by atoms with Crippen molar-refractivity contribution in [3.8, 4) is 5.88 Å². The maximum atomic E-state index is 12.7. The Labute approximate surface area is 146 Å². The van der Waals surface area contributed by atoms with Crippen LogP contribution in [-0.2, 0) is 4.74 Å². The molecule has 0 bridgehead atoms. The maximum absolute atomic E-state index is 12.7. The molecule has 2 fully saturated rings. The summed E-state index contributed by atoms with van der Waals surface area (Å²) in [5, 5.41) is 0. The number of oxazole rings is 1. The second kappa shape index (κ2) is 6.48. The van der Waals surface area contributed by atoms with Gasteiger partial charge in [0, 0.05) is 25.2 Å². The third-order valence-electron chi connectivity index (χ3n) is 4.87. The fraction of sp³-hybridized carbons (Fsp3) is 0.500. The van der Waals surface area contributed by atoms with E-state index in [1.807, 2.05) is 18.2 Å². The number of amides is 1. The predicted molar refractivity (Wildman–Crippen MR) is 88.3 cm³/mol. The van der Waals surface area contributed by atoms with E-state index < -0.39 is 0 Å². The molecule has 4 heterocycles. The Morgan fingerprint density at radius 3 is 3.08 bits per heavy atom. The number of likely N-dealkylation sites (tertiary alicyclic amines) is 1. The number of carbonyl (C=O) groups is 1. The highest BCUT2D eigenvalue weighted by molar-refractivity contribution is 5.92. The fourth-order valence-corrected chi connectivity index (χ4v) is 3.67. The molecule has 25 heavy (non-hydrogen) atoms. The second-order valence-corrected chi connectivity index (χ2v) is 6.70. The Morgan fingerprint density at radius 1 is 1.40 bits per heavy atom. The number of rotatable bonds is 3. The van der Waals surface area contributed by atoms with Gasteiger partial charge in [-0.15, -0.1) is 0 Å². The third kappa shape index (κ3) is 3.24. The number of aromatic nitrogens is 2. The maximum Gasteiger partial charge on any atom is 0.291 e. The highest BCUT2D eigenvalue weighted by atomic mass is 16.6. The first-order chi connectivity index (χ1) is 12.2. The number of carbonyl (C=O) groups excluding carboxylic acids is 1. The number of hydrogen-bond donors (Lipinski definition) is 0. The van der Waals surface area contributed by atoms with Gasteiger partial charge in [0.05, 0.1) is 24.4 Å². The van der Waals surface area contributed by atoms with Crippen molar-refractivity contribution in [2.75, 3.05) is 19.7 Å². The third-order valence-corrected chi connectivity index (χ3v) is 4.87. The molecule has 7 heteroatoms. The zero-order valence-electron chi connectivity index (χ0n) is 14.2. The van der Waals surface area contributed by atoms with Crippen LogP contribution >= 0.6 is 0 Å². The van der Waals surface area contributed by atoms with Crippen LogP contribution in [0.1, 0.15) is 35.5 Å². The lowest BCUT2D eigenvalue weighted by molar-refractivity contribution is -0.0459. The van der Waals surface area contributed by atoms with Crippen LogP contribution in [0, 0.1) is 6.92 Å². The molecule has 0 aliphatic carbocycles. The number of hydrogen-bond acceptors (Lipinski definition) is 6. The number of ether oxygens (including phenoxy) is 2. The minimum absolute atomic E-state index is 0.0445. The molecule has 0 unspecified atom stereocenters. The summed E-state index contributed by atoms with van der Waals surface area (Å²) in [5.74, 6) is 0.803. The Kier molecular flexibility index (Phi) is 4.17. The number of aryl methyl sites for hydroxylation is 1. The predicted octanol–water partition coefficient (Wildman–Crippen LogP) is 2.22. The van der Waals surface area contributed by atoms with E-state index in [1.165, 1.54) is 6.39 Å². The van der Waals surface area contributed by atoms with Gasteiger partial charge < -0.3 is 18.8 Å². The molecule has 7 nitrogen and oxygen atoms in total. The normalized spacial score (nSPS) is 26.1. The molecule has 2 atom stereocenters. The zero-order chi connectivity index (χ0) is 17.3. The van der Waals surface area contributed by atoms with Crippen LogP contribution in [-0.4, -0.2) is 52.2 Å². The minimum Gasteiger partial charge on any atom is -0.472 e. The standard InChI is InChI=1S/C18H21N3O4/c1-13-16(23-12-20-13)17(22)21-8-4-6-18(11-21)9-14(10-24-18)25-15-5-2-3-7-19-15/h2-3,5,7,12,14H,4,6,8-11H2,1H3/t14-,18+/m1/s1. The van der Waals surface area contributed by atoms with Crippen LogP contribution in [0.3, 0.4) is 0 Å². The highest BCUT2D eigenvalue weighted by Gasteiger charge is 2.46. The molecule has 1 amide bonds. The van der Waals surface area contributed by atoms with Gasteiger partial charge in [0.2, 0.25) is 11.6 Å². The first kappa shape index (κ1) is 16.1. The van der Waals surface area contributed by atoms with Crippen LogP contribution in [0.5, 0.6) is 5.88 Å². The van der Waals surface area contributed by atoms with E-state index in [4.69, 9.17) is 13.9 Å². The molecule has 0 N–H and O–H groups in total. The summed E-state index contributed by atoms with van der Waals surface area (Å²) in [6.45, 7) is 3.54. The van der Waals surface area contributed by atoms with E-state index in [0.717, 1.165) is 19.3 Å². The summed E-state index contributed by atoms with van der Waals surface area (Å²) in [5.41, 5.74) is 0.273. The molecule has 2 aromatic rings. The molecular formula is C18H21N3O4. The smallest absolute Gasteiger partial charge is 0.291 e. The van der Waals surface area contributed by atoms with Crippen molar-refractivity contribution < 1.29 is 18.7 Å². The minimum atomic E-state index is -0.346. The summed E-state index contributed by atoms with van der Waals surface area (Å²) in [4.78, 5) is 22.7. The zero-order valence-corrected chi connectivity index (χ0v) is 14.2. The average molecular weight is 343 g/mol. The molecule has 1 spiro atoms. The summed E-state index contributed by atoms with van der Waals surface area (Å²) < 4.78 is 17.3. The summed E-state index contributed by atoms with van der Waals surface area (Å²) in [7, 11) is 0. The lowest BCUT2D eigenvalue weighted by atomic mass is 9.89. The fourth-order valence-electron chi connectivity index (χ4n) is 3.67. The van der Waals surface area contributed by atoms with Gasteiger partial charge in [0.25, 0.3) is 5.91 Å². The monoisotopic (exact) mass is 343 g/mol. The Morgan fingerprint density at radius 2 is 2.32 bits per heavy atom. The van der Waals surface area contributed by atoms with Gasteiger partial charge in [-0.2, -0.15) is 0 Å². The van der Waals surface area contributed by atoms with Crippen molar-refractivity contribution in [2.45, 2.75) is 37.9 Å². The van der Waals surface area contributed by atoms with E-state index in [1.54, 1.807) is 18.0 Å². The molecule has 0 saturated carbocycles. The first-order valence-corrected chi connectivity index (χ1v) is 8.56. The highest BCUT2D eigenvalue weighted by Crippen LogP contribution is 2.36. The van der Waals surface area contributed by atoms with Crippen LogP contribution in [0.25, 0.3) is 0 Å². The van der Waals surface area contributed by atoms with Crippen molar-refractivity contribution in [3.63, 3.8) is 0 Å². The van der Waals surface area contributed by atoms with Gasteiger partial charge in [-0.1, -0.05) is 6.07 Å². The van der Waals surface area contributed by atoms with Gasteiger partial charge >= 0.3 is 0 Å². The van der Waals surface area contributed by atoms with Crippen molar-refractivity contribution in [3.05, 3.63) is 42.2 Å². The first-order valence-electron chi connectivity index (χ1n) is 8.56. The topological polar surface area (TPSA) is 77.7 Å². The molecule has 2 saturated heterocycles. The lowest BCUT2D eigenvalue weighted by Crippen LogP contribution is -2.50. The molecule has 0 radical (unpaired) electrons. The Hall–Kier alpha value is -2.41. The van der Waals surface area contributed by atoms with Gasteiger partial charge in [0.1, 0.15) is 6.10 Å².